The molecule has 1 fully saturated rings. The maximum atomic E-state index is 11.3. The van der Waals surface area contributed by atoms with Crippen molar-refractivity contribution in [1.29, 1.82) is 5.26 Å². The molecule has 2 aromatic carbocycles. The van der Waals surface area contributed by atoms with E-state index in [0.717, 1.165) is 33.2 Å². The summed E-state index contributed by atoms with van der Waals surface area (Å²) < 4.78 is 13.6. The quantitative estimate of drug-likeness (QED) is 0.417. The number of hydrogen-bond donors (Lipinski definition) is 3. The van der Waals surface area contributed by atoms with Crippen molar-refractivity contribution >= 4 is 27.8 Å². The summed E-state index contributed by atoms with van der Waals surface area (Å²) in [4.78, 5) is 14.5. The third kappa shape index (κ3) is 3.64. The van der Waals surface area contributed by atoms with Gasteiger partial charge in [-0.2, -0.15) is 10.4 Å². The third-order valence-electron chi connectivity index (χ3n) is 6.12. The van der Waals surface area contributed by atoms with Crippen LogP contribution in [0.2, 0.25) is 0 Å². The predicted molar refractivity (Wildman–Crippen MR) is 122 cm³/mol. The van der Waals surface area contributed by atoms with Crippen molar-refractivity contribution in [3.8, 4) is 17.6 Å². The standard InChI is InChI=1S/C24H23N5O4/c1-13-7-20(32-2)18(17-5-6-26-21(13)17)12-29-11-15-4-3-14(9-25)23(22(15)28-29)33-16-8-19(24(30)31)27-10-16/h3-7,11,16,19,26-27H,8,10,12H2,1-2H3,(H,30,31)/t16-,19+/m1/s1. The molecule has 3 N–H and O–H groups in total. The second-order valence-corrected chi connectivity index (χ2v) is 8.23. The van der Waals surface area contributed by atoms with Crippen molar-refractivity contribution in [3.05, 3.63) is 53.3 Å². The van der Waals surface area contributed by atoms with E-state index in [1.165, 1.54) is 0 Å². The molecule has 1 aliphatic heterocycles. The fourth-order valence-electron chi connectivity index (χ4n) is 4.49. The Morgan fingerprint density at radius 3 is 2.97 bits per heavy atom. The van der Waals surface area contributed by atoms with Gasteiger partial charge in [-0.25, -0.2) is 0 Å². The minimum Gasteiger partial charge on any atom is -0.496 e. The van der Waals surface area contributed by atoms with Crippen LogP contribution in [0.5, 0.6) is 11.5 Å². The van der Waals surface area contributed by atoms with Crippen LogP contribution in [0, 0.1) is 18.3 Å². The van der Waals surface area contributed by atoms with E-state index in [1.807, 2.05) is 42.2 Å². The molecule has 9 nitrogen and oxygen atoms in total. The molecule has 1 aliphatic rings. The van der Waals surface area contributed by atoms with Crippen LogP contribution in [0.25, 0.3) is 21.8 Å². The highest BCUT2D eigenvalue weighted by Gasteiger charge is 2.31. The Labute approximate surface area is 189 Å². The molecular formula is C24H23N5O4. The van der Waals surface area contributed by atoms with Crippen LogP contribution in [0.3, 0.4) is 0 Å². The van der Waals surface area contributed by atoms with Gasteiger partial charge in [-0.05, 0) is 36.8 Å². The molecule has 0 saturated carbocycles. The zero-order valence-electron chi connectivity index (χ0n) is 18.3. The van der Waals surface area contributed by atoms with Gasteiger partial charge >= 0.3 is 5.97 Å². The first-order valence-electron chi connectivity index (χ1n) is 10.6. The maximum absolute atomic E-state index is 11.3. The molecule has 4 aromatic rings. The van der Waals surface area contributed by atoms with Gasteiger partial charge in [-0.3, -0.25) is 9.48 Å². The summed E-state index contributed by atoms with van der Waals surface area (Å²) in [5.41, 5.74) is 4.09. The lowest BCUT2D eigenvalue weighted by molar-refractivity contribution is -0.139. The third-order valence-corrected chi connectivity index (χ3v) is 6.12. The fraction of sp³-hybridized carbons (Fsp3) is 0.292. The Morgan fingerprint density at radius 2 is 2.24 bits per heavy atom. The lowest BCUT2D eigenvalue weighted by Crippen LogP contribution is -2.30. The van der Waals surface area contributed by atoms with Crippen LogP contribution in [0.4, 0.5) is 0 Å². The molecule has 0 radical (unpaired) electrons. The SMILES string of the molecule is COc1cc(C)c2[nH]ccc2c1Cn1cc2ccc(C#N)c(O[C@H]3CN[C@H](C(=O)O)C3)c2n1. The second kappa shape index (κ2) is 8.15. The first-order chi connectivity index (χ1) is 16.0. The number of H-pyrrole nitrogens is 1. The number of aliphatic carboxylic acids is 1. The molecule has 3 heterocycles. The van der Waals surface area contributed by atoms with Crippen molar-refractivity contribution in [1.82, 2.24) is 20.1 Å². The summed E-state index contributed by atoms with van der Waals surface area (Å²) >= 11 is 0. The molecule has 33 heavy (non-hydrogen) atoms. The lowest BCUT2D eigenvalue weighted by Gasteiger charge is -2.14. The van der Waals surface area contributed by atoms with Gasteiger partial charge in [0.15, 0.2) is 5.75 Å². The van der Waals surface area contributed by atoms with Crippen LogP contribution in [-0.4, -0.2) is 51.6 Å². The zero-order chi connectivity index (χ0) is 23.1. The number of carbonyl (C=O) groups is 1. The van der Waals surface area contributed by atoms with Crippen LogP contribution < -0.4 is 14.8 Å². The van der Waals surface area contributed by atoms with Crippen molar-refractivity contribution in [3.63, 3.8) is 0 Å². The van der Waals surface area contributed by atoms with Gasteiger partial charge in [0.1, 0.15) is 29.5 Å². The largest absolute Gasteiger partial charge is 0.496 e. The van der Waals surface area contributed by atoms with Gasteiger partial charge in [0.05, 0.1) is 19.2 Å². The number of nitriles is 1. The van der Waals surface area contributed by atoms with E-state index in [2.05, 4.69) is 16.4 Å². The minimum absolute atomic E-state index is 0.323. The Bertz CT molecular complexity index is 1410. The molecule has 0 unspecified atom stereocenters. The molecule has 0 aliphatic carbocycles. The van der Waals surface area contributed by atoms with Crippen LogP contribution in [0.15, 0.2) is 36.7 Å². The second-order valence-electron chi connectivity index (χ2n) is 8.23. The number of aryl methyl sites for hydroxylation is 1. The number of methoxy groups -OCH3 is 1. The molecule has 2 aromatic heterocycles. The van der Waals surface area contributed by atoms with Gasteiger partial charge in [-0.15, -0.1) is 0 Å². The number of ether oxygens (including phenoxy) is 2. The lowest BCUT2D eigenvalue weighted by atomic mass is 10.0. The van der Waals surface area contributed by atoms with Gasteiger partial charge in [0.2, 0.25) is 0 Å². The van der Waals surface area contributed by atoms with E-state index in [1.54, 1.807) is 13.2 Å². The normalized spacial score (nSPS) is 18.0. The highest BCUT2D eigenvalue weighted by molar-refractivity contribution is 5.89. The zero-order valence-corrected chi connectivity index (χ0v) is 18.3. The average molecular weight is 445 g/mol. The van der Waals surface area contributed by atoms with Crippen molar-refractivity contribution in [2.45, 2.75) is 32.0 Å². The number of carboxylic acid groups (broad SMARTS) is 1. The Balaban J connectivity index is 1.52. The number of hydrogen-bond acceptors (Lipinski definition) is 6. The smallest absolute Gasteiger partial charge is 0.320 e. The number of nitrogens with zero attached hydrogens (tertiary/aromatic N) is 3. The Hall–Kier alpha value is -4.03. The van der Waals surface area contributed by atoms with Crippen molar-refractivity contribution in [2.75, 3.05) is 13.7 Å². The van der Waals surface area contributed by atoms with E-state index in [0.29, 0.717) is 36.3 Å². The molecule has 2 atom stereocenters. The molecule has 9 heteroatoms. The van der Waals surface area contributed by atoms with E-state index in [9.17, 15) is 15.2 Å². The highest BCUT2D eigenvalue weighted by atomic mass is 16.5. The van der Waals surface area contributed by atoms with Gasteiger partial charge in [-0.1, -0.05) is 0 Å². The number of benzene rings is 2. The molecular weight excluding hydrogens is 422 g/mol. The van der Waals surface area contributed by atoms with E-state index >= 15 is 0 Å². The number of aromatic nitrogens is 3. The van der Waals surface area contributed by atoms with Gasteiger partial charge in [0.25, 0.3) is 0 Å². The predicted octanol–water partition coefficient (Wildman–Crippen LogP) is 2.95. The minimum atomic E-state index is -0.910. The number of aromatic amines is 1. The maximum Gasteiger partial charge on any atom is 0.320 e. The Morgan fingerprint density at radius 1 is 1.39 bits per heavy atom. The average Bonchev–Trinajstić information content (AvgIpc) is 3.55. The summed E-state index contributed by atoms with van der Waals surface area (Å²) in [6, 6.07) is 9.09. The molecule has 168 valence electrons. The Kier molecular flexibility index (Phi) is 5.15. The van der Waals surface area contributed by atoms with Crippen molar-refractivity contribution in [2.24, 2.45) is 0 Å². The number of fused-ring (bicyclic) bond motifs is 2. The molecule has 0 amide bonds. The summed E-state index contributed by atoms with van der Waals surface area (Å²) in [6.45, 7) is 2.90. The molecule has 0 bridgehead atoms. The van der Waals surface area contributed by atoms with Gasteiger partial charge < -0.3 is 24.9 Å². The van der Waals surface area contributed by atoms with Gasteiger partial charge in [0, 0.05) is 47.2 Å². The number of nitrogens with one attached hydrogen (secondary N) is 2. The number of carboxylic acids is 1. The molecule has 0 spiro atoms. The highest BCUT2D eigenvalue weighted by Crippen LogP contribution is 2.33. The monoisotopic (exact) mass is 445 g/mol. The number of rotatable bonds is 6. The molecule has 5 rings (SSSR count). The van der Waals surface area contributed by atoms with Crippen LogP contribution in [0.1, 0.15) is 23.1 Å². The summed E-state index contributed by atoms with van der Waals surface area (Å²) in [5, 5.41) is 28.4. The van der Waals surface area contributed by atoms with E-state index < -0.39 is 12.0 Å². The molecule has 1 saturated heterocycles. The van der Waals surface area contributed by atoms with Crippen LogP contribution >= 0.6 is 0 Å². The first-order valence-corrected chi connectivity index (χ1v) is 10.6. The summed E-state index contributed by atoms with van der Waals surface area (Å²) in [5.74, 6) is 0.256. The summed E-state index contributed by atoms with van der Waals surface area (Å²) in [7, 11) is 1.65. The first kappa shape index (κ1) is 20.8. The summed E-state index contributed by atoms with van der Waals surface area (Å²) in [6.07, 6.45) is 3.79. The van der Waals surface area contributed by atoms with Crippen LogP contribution in [-0.2, 0) is 11.3 Å². The topological polar surface area (TPSA) is 125 Å². The van der Waals surface area contributed by atoms with E-state index in [-0.39, 0.29) is 6.10 Å². The fourth-order valence-corrected chi connectivity index (χ4v) is 4.49. The van der Waals surface area contributed by atoms with Crippen molar-refractivity contribution < 1.29 is 19.4 Å². The van der Waals surface area contributed by atoms with E-state index in [4.69, 9.17) is 14.6 Å².